The zero-order valence-electron chi connectivity index (χ0n) is 17.2. The Morgan fingerprint density at radius 1 is 0.931 bits per heavy atom. The molecule has 0 atom stereocenters. The SMILES string of the molecule is CCS(=O)(=O)c1ncc(CN(C)CCc2ccccc2)n1CCc1ccccc1. The maximum atomic E-state index is 12.5. The van der Waals surface area contributed by atoms with Crippen LogP contribution in [-0.2, 0) is 35.8 Å². The minimum atomic E-state index is -3.37. The summed E-state index contributed by atoms with van der Waals surface area (Å²) in [5, 5.41) is 0.183. The molecule has 0 spiro atoms. The third-order valence-electron chi connectivity index (χ3n) is 5.08. The molecule has 3 aromatic rings. The van der Waals surface area contributed by atoms with Gasteiger partial charge in [0.05, 0.1) is 17.6 Å². The highest BCUT2D eigenvalue weighted by atomic mass is 32.2. The Labute approximate surface area is 173 Å². The van der Waals surface area contributed by atoms with Gasteiger partial charge in [-0.3, -0.25) is 0 Å². The van der Waals surface area contributed by atoms with Crippen LogP contribution in [0.4, 0.5) is 0 Å². The summed E-state index contributed by atoms with van der Waals surface area (Å²) < 4.78 is 27.0. The van der Waals surface area contributed by atoms with Gasteiger partial charge in [-0.2, -0.15) is 0 Å². The third-order valence-corrected chi connectivity index (χ3v) is 6.73. The van der Waals surface area contributed by atoms with Crippen LogP contribution in [-0.4, -0.2) is 42.2 Å². The number of hydrogen-bond donors (Lipinski definition) is 0. The summed E-state index contributed by atoms with van der Waals surface area (Å²) >= 11 is 0. The summed E-state index contributed by atoms with van der Waals surface area (Å²) in [6.07, 6.45) is 3.44. The number of aryl methyl sites for hydroxylation is 1. The fourth-order valence-corrected chi connectivity index (χ4v) is 4.36. The highest BCUT2D eigenvalue weighted by Gasteiger charge is 2.22. The Balaban J connectivity index is 1.74. The minimum Gasteiger partial charge on any atom is -0.317 e. The zero-order valence-corrected chi connectivity index (χ0v) is 18.0. The molecule has 1 aromatic heterocycles. The first-order valence-electron chi connectivity index (χ1n) is 10.0. The van der Waals surface area contributed by atoms with Gasteiger partial charge in [0.2, 0.25) is 15.0 Å². The largest absolute Gasteiger partial charge is 0.317 e. The van der Waals surface area contributed by atoms with E-state index in [-0.39, 0.29) is 10.9 Å². The molecule has 0 N–H and O–H groups in total. The fourth-order valence-electron chi connectivity index (χ4n) is 3.34. The maximum Gasteiger partial charge on any atom is 0.227 e. The summed E-state index contributed by atoms with van der Waals surface area (Å²) in [5.41, 5.74) is 3.42. The van der Waals surface area contributed by atoms with Gasteiger partial charge >= 0.3 is 0 Å². The zero-order chi connectivity index (χ0) is 20.7. The van der Waals surface area contributed by atoms with E-state index < -0.39 is 9.84 Å². The molecule has 0 unspecified atom stereocenters. The Morgan fingerprint density at radius 3 is 2.10 bits per heavy atom. The highest BCUT2D eigenvalue weighted by molar-refractivity contribution is 7.91. The molecule has 1 heterocycles. The summed E-state index contributed by atoms with van der Waals surface area (Å²) in [6, 6.07) is 20.5. The van der Waals surface area contributed by atoms with Gasteiger partial charge in [0.1, 0.15) is 0 Å². The normalized spacial score (nSPS) is 11.8. The van der Waals surface area contributed by atoms with Crippen LogP contribution in [0.1, 0.15) is 23.7 Å². The molecule has 29 heavy (non-hydrogen) atoms. The predicted molar refractivity (Wildman–Crippen MR) is 117 cm³/mol. The summed E-state index contributed by atoms with van der Waals surface area (Å²) in [5.74, 6) is 0.0542. The smallest absolute Gasteiger partial charge is 0.227 e. The summed E-state index contributed by atoms with van der Waals surface area (Å²) in [6.45, 7) is 3.81. The van der Waals surface area contributed by atoms with Crippen LogP contribution in [0.2, 0.25) is 0 Å². The maximum absolute atomic E-state index is 12.5. The van der Waals surface area contributed by atoms with Crippen molar-refractivity contribution in [3.05, 3.63) is 83.7 Å². The van der Waals surface area contributed by atoms with E-state index >= 15 is 0 Å². The molecule has 5 nitrogen and oxygen atoms in total. The minimum absolute atomic E-state index is 0.0542. The number of hydrogen-bond acceptors (Lipinski definition) is 4. The van der Waals surface area contributed by atoms with Crippen molar-refractivity contribution in [2.75, 3.05) is 19.3 Å². The Hall–Kier alpha value is -2.44. The van der Waals surface area contributed by atoms with Crippen molar-refractivity contribution in [2.45, 2.75) is 38.0 Å². The number of aromatic nitrogens is 2. The third kappa shape index (κ3) is 5.78. The van der Waals surface area contributed by atoms with Crippen LogP contribution >= 0.6 is 0 Å². The van der Waals surface area contributed by atoms with Gasteiger partial charge in [-0.15, -0.1) is 0 Å². The van der Waals surface area contributed by atoms with E-state index in [9.17, 15) is 8.42 Å². The molecule has 6 heteroatoms. The average molecular weight is 412 g/mol. The molecule has 0 bridgehead atoms. The lowest BCUT2D eigenvalue weighted by Gasteiger charge is -2.19. The second-order valence-corrected chi connectivity index (χ2v) is 9.47. The molecule has 0 aliphatic rings. The van der Waals surface area contributed by atoms with Gasteiger partial charge in [0, 0.05) is 19.6 Å². The van der Waals surface area contributed by atoms with Gasteiger partial charge < -0.3 is 9.47 Å². The van der Waals surface area contributed by atoms with Gasteiger partial charge in [0.25, 0.3) is 0 Å². The molecule has 0 saturated carbocycles. The van der Waals surface area contributed by atoms with Gasteiger partial charge in [-0.1, -0.05) is 67.6 Å². The van der Waals surface area contributed by atoms with E-state index in [2.05, 4.69) is 53.3 Å². The van der Waals surface area contributed by atoms with Crippen LogP contribution in [0.15, 0.2) is 72.0 Å². The van der Waals surface area contributed by atoms with Crippen LogP contribution in [0.3, 0.4) is 0 Å². The van der Waals surface area contributed by atoms with Crippen LogP contribution < -0.4 is 0 Å². The van der Waals surface area contributed by atoms with Crippen molar-refractivity contribution in [3.8, 4) is 0 Å². The van der Waals surface area contributed by atoms with E-state index in [0.717, 1.165) is 25.1 Å². The van der Waals surface area contributed by atoms with Crippen molar-refractivity contribution in [1.29, 1.82) is 0 Å². The fraction of sp³-hybridized carbons (Fsp3) is 0.348. The van der Waals surface area contributed by atoms with Crippen molar-refractivity contribution in [3.63, 3.8) is 0 Å². The second-order valence-electron chi connectivity index (χ2n) is 7.30. The van der Waals surface area contributed by atoms with Crippen molar-refractivity contribution in [2.24, 2.45) is 0 Å². The van der Waals surface area contributed by atoms with E-state index in [1.165, 1.54) is 11.1 Å². The van der Waals surface area contributed by atoms with E-state index in [1.807, 2.05) is 28.8 Å². The molecule has 3 rings (SSSR count). The molecule has 154 valence electrons. The molecule has 0 aliphatic carbocycles. The molecule has 0 amide bonds. The molecule has 0 aliphatic heterocycles. The van der Waals surface area contributed by atoms with Crippen molar-refractivity contribution < 1.29 is 8.42 Å². The first-order chi connectivity index (χ1) is 14.0. The van der Waals surface area contributed by atoms with Crippen LogP contribution in [0.5, 0.6) is 0 Å². The van der Waals surface area contributed by atoms with Crippen molar-refractivity contribution in [1.82, 2.24) is 14.5 Å². The lowest BCUT2D eigenvalue weighted by atomic mass is 10.1. The Morgan fingerprint density at radius 2 is 1.52 bits per heavy atom. The summed E-state index contributed by atoms with van der Waals surface area (Å²) in [7, 11) is -1.31. The van der Waals surface area contributed by atoms with Crippen LogP contribution in [0, 0.1) is 0 Å². The monoisotopic (exact) mass is 411 g/mol. The molecule has 2 aromatic carbocycles. The number of nitrogens with zero attached hydrogens (tertiary/aromatic N) is 3. The Kier molecular flexibility index (Phi) is 7.23. The first-order valence-corrected chi connectivity index (χ1v) is 11.7. The van der Waals surface area contributed by atoms with Crippen LogP contribution in [0.25, 0.3) is 0 Å². The molecule has 0 radical (unpaired) electrons. The lowest BCUT2D eigenvalue weighted by molar-refractivity contribution is 0.319. The number of likely N-dealkylation sites (N-methyl/N-ethyl adjacent to an activating group) is 1. The van der Waals surface area contributed by atoms with E-state index in [1.54, 1.807) is 13.1 Å². The Bertz CT molecular complexity index is 999. The number of benzene rings is 2. The van der Waals surface area contributed by atoms with Gasteiger partial charge in [0.15, 0.2) is 0 Å². The topological polar surface area (TPSA) is 55.2 Å². The summed E-state index contributed by atoms with van der Waals surface area (Å²) in [4.78, 5) is 6.50. The quantitative estimate of drug-likeness (QED) is 0.512. The molecular weight excluding hydrogens is 382 g/mol. The lowest BCUT2D eigenvalue weighted by Crippen LogP contribution is -2.24. The van der Waals surface area contributed by atoms with Gasteiger partial charge in [-0.05, 0) is 31.0 Å². The standard InChI is InChI=1S/C23H29N3O2S/c1-3-29(27,28)23-24-18-22(26(23)17-15-21-12-8-5-9-13-21)19-25(2)16-14-20-10-6-4-7-11-20/h4-13,18H,3,14-17,19H2,1-2H3. The molecule has 0 fully saturated rings. The molecular formula is C23H29N3O2S. The van der Waals surface area contributed by atoms with E-state index in [0.29, 0.717) is 13.1 Å². The first kappa shape index (κ1) is 21.3. The van der Waals surface area contributed by atoms with E-state index in [4.69, 9.17) is 0 Å². The molecule has 0 saturated heterocycles. The number of sulfone groups is 1. The number of rotatable bonds is 10. The number of imidazole rings is 1. The van der Waals surface area contributed by atoms with Crippen molar-refractivity contribution >= 4 is 9.84 Å². The second kappa shape index (κ2) is 9.85. The predicted octanol–water partition coefficient (Wildman–Crippen LogP) is 3.59. The average Bonchev–Trinajstić information content (AvgIpc) is 3.15. The highest BCUT2D eigenvalue weighted by Crippen LogP contribution is 2.16. The van der Waals surface area contributed by atoms with Gasteiger partial charge in [-0.25, -0.2) is 13.4 Å².